The summed E-state index contributed by atoms with van der Waals surface area (Å²) in [5.74, 6) is 0.229. The van der Waals surface area contributed by atoms with Gasteiger partial charge in [0, 0.05) is 6.21 Å². The van der Waals surface area contributed by atoms with Crippen LogP contribution in [0.2, 0.25) is 0 Å². The van der Waals surface area contributed by atoms with Crippen LogP contribution >= 0.6 is 11.6 Å². The van der Waals surface area contributed by atoms with Gasteiger partial charge in [0.25, 0.3) is 0 Å². The van der Waals surface area contributed by atoms with Crippen molar-refractivity contribution in [3.8, 4) is 0 Å². The molecule has 0 atom stereocenters. The van der Waals surface area contributed by atoms with Gasteiger partial charge in [-0.3, -0.25) is 5.41 Å². The predicted molar refractivity (Wildman–Crippen MR) is 36.9 cm³/mol. The van der Waals surface area contributed by atoms with Crippen molar-refractivity contribution in [1.29, 1.82) is 5.41 Å². The third kappa shape index (κ3) is 5.37. The number of hydrogen-bond donors (Lipinski definition) is 1. The van der Waals surface area contributed by atoms with Crippen LogP contribution < -0.4 is 0 Å². The molecular weight excluding hydrogens is 124 g/mol. The highest BCUT2D eigenvalue weighted by atomic mass is 35.5. The fourth-order valence-electron chi connectivity index (χ4n) is 0.167. The fourth-order valence-corrected chi connectivity index (χ4v) is 0.216. The molecule has 0 aromatic heterocycles. The Morgan fingerprint density at radius 2 is 2.38 bits per heavy atom. The van der Waals surface area contributed by atoms with Crippen molar-refractivity contribution in [1.82, 2.24) is 0 Å². The van der Waals surface area contributed by atoms with Gasteiger partial charge in [-0.1, -0.05) is 18.2 Å². The molecule has 0 saturated carbocycles. The van der Waals surface area contributed by atoms with Crippen molar-refractivity contribution in [3.05, 3.63) is 11.6 Å². The predicted octanol–water partition coefficient (Wildman–Crippen LogP) is 1.81. The second-order valence-electron chi connectivity index (χ2n) is 1.29. The molecule has 0 amide bonds. The fraction of sp³-hybridized carbons (Fsp3) is 0.200. The molecule has 8 heavy (non-hydrogen) atoms. The second-order valence-corrected chi connectivity index (χ2v) is 1.78. The Bertz CT molecular complexity index is 121. The number of halogens is 1. The van der Waals surface area contributed by atoms with E-state index in [9.17, 15) is 0 Å². The Hall–Kier alpha value is -0.630. The molecule has 44 valence electrons. The van der Waals surface area contributed by atoms with E-state index in [4.69, 9.17) is 17.0 Å². The van der Waals surface area contributed by atoms with Crippen LogP contribution in [-0.4, -0.2) is 12.1 Å². The van der Waals surface area contributed by atoms with Gasteiger partial charge in [0.1, 0.15) is 5.84 Å². The van der Waals surface area contributed by atoms with Gasteiger partial charge in [-0.2, -0.15) is 0 Å². The zero-order valence-electron chi connectivity index (χ0n) is 4.61. The molecule has 0 fully saturated rings. The van der Waals surface area contributed by atoms with Crippen molar-refractivity contribution in [2.75, 3.05) is 0 Å². The van der Waals surface area contributed by atoms with Crippen LogP contribution in [0.25, 0.3) is 0 Å². The minimum absolute atomic E-state index is 0.229. The van der Waals surface area contributed by atoms with E-state index < -0.39 is 0 Å². The molecule has 3 heteroatoms. The number of nitrogens with zero attached hydrogens (tertiary/aromatic N) is 1. The average molecular weight is 131 g/mol. The average Bonchev–Trinajstić information content (AvgIpc) is 1.61. The van der Waals surface area contributed by atoms with Crippen LogP contribution in [-0.2, 0) is 0 Å². The molecule has 0 heterocycles. The summed E-state index contributed by atoms with van der Waals surface area (Å²) in [6.07, 6.45) is 1.34. The van der Waals surface area contributed by atoms with E-state index in [1.165, 1.54) is 6.21 Å². The maximum Gasteiger partial charge on any atom is 0.117 e. The van der Waals surface area contributed by atoms with E-state index in [1.807, 2.05) is 0 Å². The van der Waals surface area contributed by atoms with Gasteiger partial charge in [0.2, 0.25) is 0 Å². The Labute approximate surface area is 53.4 Å². The molecule has 0 aliphatic rings. The minimum Gasteiger partial charge on any atom is -0.287 e. The first-order valence-corrected chi connectivity index (χ1v) is 2.44. The number of nitrogens with one attached hydrogen (secondary N) is 1. The van der Waals surface area contributed by atoms with Gasteiger partial charge in [0.15, 0.2) is 0 Å². The normalized spacial score (nSPS) is 9.75. The summed E-state index contributed by atoms with van der Waals surface area (Å²) in [5.41, 5.74) is 0. The van der Waals surface area contributed by atoms with Crippen LogP contribution in [0.15, 0.2) is 16.6 Å². The summed E-state index contributed by atoms with van der Waals surface area (Å²) in [7, 11) is 0. The lowest BCUT2D eigenvalue weighted by Crippen LogP contribution is -1.80. The summed E-state index contributed by atoms with van der Waals surface area (Å²) in [6.45, 7) is 4.91. The van der Waals surface area contributed by atoms with E-state index in [0.717, 1.165) is 0 Å². The van der Waals surface area contributed by atoms with Gasteiger partial charge >= 0.3 is 0 Å². The lowest BCUT2D eigenvalue weighted by Gasteiger charge is -1.80. The van der Waals surface area contributed by atoms with Crippen molar-refractivity contribution < 1.29 is 0 Å². The van der Waals surface area contributed by atoms with Crippen molar-refractivity contribution in [2.45, 2.75) is 6.92 Å². The molecule has 0 radical (unpaired) electrons. The molecule has 0 bridgehead atoms. The molecule has 0 spiro atoms. The molecule has 0 aromatic rings. The highest BCUT2D eigenvalue weighted by Crippen LogP contribution is 1.89. The molecule has 0 rings (SSSR count). The Morgan fingerprint density at radius 1 is 1.88 bits per heavy atom. The van der Waals surface area contributed by atoms with E-state index in [1.54, 1.807) is 6.92 Å². The van der Waals surface area contributed by atoms with Gasteiger partial charge in [-0.25, -0.2) is 4.99 Å². The summed E-state index contributed by atoms with van der Waals surface area (Å²) in [5, 5.41) is 7.13. The molecular formula is C5H7ClN2. The monoisotopic (exact) mass is 130 g/mol. The minimum atomic E-state index is 0.229. The lowest BCUT2D eigenvalue weighted by atomic mass is 10.6. The van der Waals surface area contributed by atoms with Gasteiger partial charge in [0.05, 0.1) is 5.03 Å². The maximum absolute atomic E-state index is 6.79. The summed E-state index contributed by atoms with van der Waals surface area (Å²) in [6, 6.07) is 0. The number of allylic oxidation sites excluding steroid dienone is 1. The smallest absolute Gasteiger partial charge is 0.117 e. The maximum atomic E-state index is 6.79. The van der Waals surface area contributed by atoms with Gasteiger partial charge < -0.3 is 0 Å². The summed E-state index contributed by atoms with van der Waals surface area (Å²) < 4.78 is 0. The Balaban J connectivity index is 3.67. The number of amidine groups is 1. The van der Waals surface area contributed by atoms with Crippen LogP contribution in [0, 0.1) is 5.41 Å². The molecule has 0 aromatic carbocycles. The van der Waals surface area contributed by atoms with Crippen LogP contribution in [0.4, 0.5) is 0 Å². The summed E-state index contributed by atoms with van der Waals surface area (Å²) in [4.78, 5) is 3.55. The van der Waals surface area contributed by atoms with Gasteiger partial charge in [-0.15, -0.1) is 0 Å². The topological polar surface area (TPSA) is 36.2 Å². The highest BCUT2D eigenvalue weighted by Gasteiger charge is 1.77. The van der Waals surface area contributed by atoms with E-state index >= 15 is 0 Å². The van der Waals surface area contributed by atoms with Crippen LogP contribution in [0.3, 0.4) is 0 Å². The molecule has 2 nitrogen and oxygen atoms in total. The van der Waals surface area contributed by atoms with E-state index in [2.05, 4.69) is 11.6 Å². The van der Waals surface area contributed by atoms with E-state index in [-0.39, 0.29) is 5.84 Å². The van der Waals surface area contributed by atoms with Crippen LogP contribution in [0.1, 0.15) is 6.92 Å². The lowest BCUT2D eigenvalue weighted by molar-refractivity contribution is 1.42. The largest absolute Gasteiger partial charge is 0.287 e. The standard InChI is InChI=1S/C5H7ClN2/c1-4(6)3-8-5(2)7/h3,7H,1H2,2H3. The van der Waals surface area contributed by atoms with Gasteiger partial charge in [-0.05, 0) is 6.92 Å². The zero-order valence-corrected chi connectivity index (χ0v) is 5.37. The first kappa shape index (κ1) is 7.37. The third-order valence-corrected chi connectivity index (χ3v) is 0.496. The zero-order chi connectivity index (χ0) is 6.57. The molecule has 1 N–H and O–H groups in total. The van der Waals surface area contributed by atoms with Crippen LogP contribution in [0.5, 0.6) is 0 Å². The SMILES string of the molecule is C=C(Cl)C=NC(C)=N. The summed E-state index contributed by atoms with van der Waals surface area (Å²) >= 11 is 5.28. The van der Waals surface area contributed by atoms with Crippen molar-refractivity contribution >= 4 is 23.7 Å². The number of rotatable bonds is 1. The number of hydrogen-bond acceptors (Lipinski definition) is 1. The molecule has 0 unspecified atom stereocenters. The molecule has 0 aliphatic carbocycles. The second kappa shape index (κ2) is 3.38. The van der Waals surface area contributed by atoms with Crippen molar-refractivity contribution in [2.24, 2.45) is 4.99 Å². The van der Waals surface area contributed by atoms with E-state index in [0.29, 0.717) is 5.03 Å². The number of aliphatic imine (C=N–C) groups is 1. The first-order chi connectivity index (χ1) is 3.63. The third-order valence-electron chi connectivity index (χ3n) is 0.398. The first-order valence-electron chi connectivity index (χ1n) is 2.06. The molecule has 0 aliphatic heterocycles. The molecule has 0 saturated heterocycles. The Morgan fingerprint density at radius 3 is 2.50 bits per heavy atom. The quantitative estimate of drug-likeness (QED) is 0.415. The van der Waals surface area contributed by atoms with Crippen molar-refractivity contribution in [3.63, 3.8) is 0 Å². The highest BCUT2D eigenvalue weighted by molar-refractivity contribution is 6.39. The Kier molecular flexibility index (Phi) is 3.12.